The summed E-state index contributed by atoms with van der Waals surface area (Å²) >= 11 is 0. The fourth-order valence-corrected chi connectivity index (χ4v) is 1.56. The van der Waals surface area contributed by atoms with Gasteiger partial charge in [-0.3, -0.25) is 9.79 Å². The van der Waals surface area contributed by atoms with Gasteiger partial charge in [-0.25, -0.2) is 0 Å². The summed E-state index contributed by atoms with van der Waals surface area (Å²) in [5.41, 5.74) is 3.03. The lowest BCUT2D eigenvalue weighted by Gasteiger charge is -2.02. The molecular formula is C14H17NO. The van der Waals surface area contributed by atoms with Gasteiger partial charge in [0.1, 0.15) is 5.78 Å². The Morgan fingerprint density at radius 3 is 2.38 bits per heavy atom. The number of nitrogens with zero attached hydrogens (tertiary/aromatic N) is 1. The van der Waals surface area contributed by atoms with Crippen LogP contribution in [0.15, 0.2) is 47.0 Å². The monoisotopic (exact) mass is 215 g/mol. The minimum atomic E-state index is 0.178. The second kappa shape index (κ2) is 6.01. The van der Waals surface area contributed by atoms with Crippen molar-refractivity contribution in [2.24, 2.45) is 4.99 Å². The maximum atomic E-state index is 11.0. The molecule has 0 atom stereocenters. The predicted octanol–water partition coefficient (Wildman–Crippen LogP) is 3.03. The molecule has 0 aromatic heterocycles. The van der Waals surface area contributed by atoms with Crippen LogP contribution in [0.4, 0.5) is 0 Å². The number of hydrogen-bond acceptors (Lipinski definition) is 2. The molecule has 1 rings (SSSR count). The van der Waals surface area contributed by atoms with Gasteiger partial charge in [-0.15, -0.1) is 0 Å². The van der Waals surface area contributed by atoms with Gasteiger partial charge < -0.3 is 0 Å². The van der Waals surface area contributed by atoms with E-state index in [9.17, 15) is 4.79 Å². The van der Waals surface area contributed by atoms with Crippen molar-refractivity contribution in [2.45, 2.75) is 20.3 Å². The Morgan fingerprint density at radius 2 is 1.88 bits per heavy atom. The lowest BCUT2D eigenvalue weighted by atomic mass is 10.1. The number of Topliss-reactive ketones (excluding diaryl/α,β-unsaturated/α-hetero) is 1. The average Bonchev–Trinajstić information content (AvgIpc) is 2.26. The molecule has 0 N–H and O–H groups in total. The highest BCUT2D eigenvalue weighted by molar-refractivity contribution is 6.09. The molecule has 0 aliphatic heterocycles. The Balaban J connectivity index is 2.90. The van der Waals surface area contributed by atoms with E-state index in [1.807, 2.05) is 43.3 Å². The summed E-state index contributed by atoms with van der Waals surface area (Å²) in [6.45, 7) is 3.55. The van der Waals surface area contributed by atoms with Crippen molar-refractivity contribution in [3.8, 4) is 0 Å². The van der Waals surface area contributed by atoms with E-state index in [1.54, 1.807) is 14.0 Å². The van der Waals surface area contributed by atoms with E-state index in [0.717, 1.165) is 16.8 Å². The molecule has 2 nitrogen and oxygen atoms in total. The standard InChI is InChI=1S/C14H17NO/c1-11(9-12(2)16)10-14(15-3)13-7-5-4-6-8-13/h4-8,10H,9H2,1-3H3/b11-10+,15-14?. The molecular weight excluding hydrogens is 198 g/mol. The third-order valence-electron chi connectivity index (χ3n) is 2.22. The number of allylic oxidation sites excluding steroid dienone is 2. The molecule has 0 spiro atoms. The lowest BCUT2D eigenvalue weighted by molar-refractivity contribution is -0.116. The summed E-state index contributed by atoms with van der Waals surface area (Å²) < 4.78 is 0. The van der Waals surface area contributed by atoms with E-state index in [-0.39, 0.29) is 5.78 Å². The lowest BCUT2D eigenvalue weighted by Crippen LogP contribution is -1.99. The second-order valence-corrected chi connectivity index (χ2v) is 3.84. The zero-order valence-corrected chi connectivity index (χ0v) is 10.0. The molecule has 2 heteroatoms. The fourth-order valence-electron chi connectivity index (χ4n) is 1.56. The van der Waals surface area contributed by atoms with Gasteiger partial charge in [0.2, 0.25) is 0 Å². The van der Waals surface area contributed by atoms with E-state index < -0.39 is 0 Å². The summed E-state index contributed by atoms with van der Waals surface area (Å²) in [5, 5.41) is 0. The first kappa shape index (κ1) is 12.4. The number of carbonyl (C=O) groups excluding carboxylic acids is 1. The summed E-state index contributed by atoms with van der Waals surface area (Å²) in [7, 11) is 1.76. The molecule has 1 aromatic carbocycles. The van der Waals surface area contributed by atoms with Gasteiger partial charge in [0, 0.05) is 13.5 Å². The molecule has 1 aromatic rings. The minimum Gasteiger partial charge on any atom is -0.300 e. The van der Waals surface area contributed by atoms with E-state index >= 15 is 0 Å². The van der Waals surface area contributed by atoms with Crippen LogP contribution in [0.2, 0.25) is 0 Å². The first-order valence-corrected chi connectivity index (χ1v) is 5.32. The first-order valence-electron chi connectivity index (χ1n) is 5.32. The number of benzene rings is 1. The van der Waals surface area contributed by atoms with Gasteiger partial charge in [-0.2, -0.15) is 0 Å². The zero-order chi connectivity index (χ0) is 12.0. The quantitative estimate of drug-likeness (QED) is 0.710. The normalized spacial score (nSPS) is 12.7. The van der Waals surface area contributed by atoms with Gasteiger partial charge >= 0.3 is 0 Å². The molecule has 0 bridgehead atoms. The fraction of sp³-hybridized carbons (Fsp3) is 0.286. The maximum Gasteiger partial charge on any atom is 0.133 e. The summed E-state index contributed by atoms with van der Waals surface area (Å²) in [6.07, 6.45) is 2.46. The zero-order valence-electron chi connectivity index (χ0n) is 10.0. The largest absolute Gasteiger partial charge is 0.300 e. The highest BCUT2D eigenvalue weighted by Crippen LogP contribution is 2.07. The maximum absolute atomic E-state index is 11.0. The van der Waals surface area contributed by atoms with Crippen molar-refractivity contribution in [1.82, 2.24) is 0 Å². The Bertz CT molecular complexity index is 416. The van der Waals surface area contributed by atoms with Crippen LogP contribution in [0.5, 0.6) is 0 Å². The minimum absolute atomic E-state index is 0.178. The number of rotatable bonds is 4. The van der Waals surface area contributed by atoms with Crippen molar-refractivity contribution in [3.63, 3.8) is 0 Å². The molecule has 0 saturated carbocycles. The average molecular weight is 215 g/mol. The van der Waals surface area contributed by atoms with Gasteiger partial charge in [0.25, 0.3) is 0 Å². The Kier molecular flexibility index (Phi) is 4.65. The van der Waals surface area contributed by atoms with E-state index in [1.165, 1.54) is 0 Å². The van der Waals surface area contributed by atoms with Crippen LogP contribution >= 0.6 is 0 Å². The summed E-state index contributed by atoms with van der Waals surface area (Å²) in [5.74, 6) is 0.178. The van der Waals surface area contributed by atoms with Gasteiger partial charge in [0.15, 0.2) is 0 Å². The molecule has 0 aliphatic carbocycles. The van der Waals surface area contributed by atoms with E-state index in [4.69, 9.17) is 0 Å². The molecule has 0 aliphatic rings. The van der Waals surface area contributed by atoms with Crippen molar-refractivity contribution in [2.75, 3.05) is 7.05 Å². The van der Waals surface area contributed by atoms with Crippen molar-refractivity contribution >= 4 is 11.5 Å². The summed E-state index contributed by atoms with van der Waals surface area (Å²) in [6, 6.07) is 9.96. The van der Waals surface area contributed by atoms with Crippen LogP contribution in [0.3, 0.4) is 0 Å². The van der Waals surface area contributed by atoms with Gasteiger partial charge in [0.05, 0.1) is 5.71 Å². The van der Waals surface area contributed by atoms with Crippen LogP contribution in [-0.2, 0) is 4.79 Å². The van der Waals surface area contributed by atoms with Crippen LogP contribution < -0.4 is 0 Å². The van der Waals surface area contributed by atoms with Crippen LogP contribution in [0, 0.1) is 0 Å². The molecule has 16 heavy (non-hydrogen) atoms. The van der Waals surface area contributed by atoms with Crippen molar-refractivity contribution in [1.29, 1.82) is 0 Å². The number of carbonyl (C=O) groups is 1. The topological polar surface area (TPSA) is 29.4 Å². The summed E-state index contributed by atoms with van der Waals surface area (Å²) in [4.78, 5) is 15.2. The van der Waals surface area contributed by atoms with E-state index in [2.05, 4.69) is 4.99 Å². The number of ketones is 1. The molecule has 0 radical (unpaired) electrons. The molecule has 84 valence electrons. The Hall–Kier alpha value is -1.70. The van der Waals surface area contributed by atoms with Crippen molar-refractivity contribution < 1.29 is 4.79 Å². The Morgan fingerprint density at radius 1 is 1.25 bits per heavy atom. The third-order valence-corrected chi connectivity index (χ3v) is 2.22. The predicted molar refractivity (Wildman–Crippen MR) is 68.0 cm³/mol. The van der Waals surface area contributed by atoms with Gasteiger partial charge in [-0.05, 0) is 25.5 Å². The second-order valence-electron chi connectivity index (χ2n) is 3.84. The van der Waals surface area contributed by atoms with Crippen LogP contribution in [0.1, 0.15) is 25.8 Å². The third kappa shape index (κ3) is 3.81. The van der Waals surface area contributed by atoms with Crippen molar-refractivity contribution in [3.05, 3.63) is 47.5 Å². The molecule has 0 unspecified atom stereocenters. The Labute approximate surface area is 96.7 Å². The SMILES string of the molecule is CN=C(/C=C(\C)CC(C)=O)c1ccccc1. The first-order chi connectivity index (χ1) is 7.63. The molecule has 0 amide bonds. The van der Waals surface area contributed by atoms with E-state index in [0.29, 0.717) is 6.42 Å². The molecule has 0 saturated heterocycles. The van der Waals surface area contributed by atoms with Gasteiger partial charge in [-0.1, -0.05) is 35.9 Å². The van der Waals surface area contributed by atoms with Crippen LogP contribution in [0.25, 0.3) is 0 Å². The molecule has 0 fully saturated rings. The number of hydrogen-bond donors (Lipinski definition) is 0. The smallest absolute Gasteiger partial charge is 0.133 e. The number of aliphatic imine (C=N–C) groups is 1. The highest BCUT2D eigenvalue weighted by atomic mass is 16.1. The highest BCUT2D eigenvalue weighted by Gasteiger charge is 2.01. The van der Waals surface area contributed by atoms with Crippen LogP contribution in [-0.4, -0.2) is 18.5 Å². The molecule has 0 heterocycles.